The minimum absolute atomic E-state index is 0.142. The van der Waals surface area contributed by atoms with Crippen LogP contribution in [-0.2, 0) is 22.0 Å². The van der Waals surface area contributed by atoms with Gasteiger partial charge in [0.05, 0.1) is 16.2 Å². The topological polar surface area (TPSA) is 89.3 Å². The van der Waals surface area contributed by atoms with Gasteiger partial charge in [-0.05, 0) is 23.8 Å². The zero-order valence-electron chi connectivity index (χ0n) is 11.9. The normalized spacial score (nSPS) is 12.0. The monoisotopic (exact) mass is 360 g/mol. The number of nitro groups is 1. The summed E-state index contributed by atoms with van der Waals surface area (Å²) in [5.41, 5.74) is -1.36. The van der Waals surface area contributed by atoms with Gasteiger partial charge in [-0.15, -0.1) is 0 Å². The number of nitro benzene ring substituents is 1. The van der Waals surface area contributed by atoms with Crippen LogP contribution in [0.25, 0.3) is 0 Å². The van der Waals surface area contributed by atoms with E-state index >= 15 is 0 Å². The second kappa shape index (κ2) is 6.48. The van der Waals surface area contributed by atoms with Crippen molar-refractivity contribution in [3.8, 4) is 0 Å². The Balaban J connectivity index is 2.20. The van der Waals surface area contributed by atoms with Crippen molar-refractivity contribution < 1.29 is 26.5 Å². The number of sulfonamides is 1. The van der Waals surface area contributed by atoms with Gasteiger partial charge in [-0.2, -0.15) is 13.2 Å². The van der Waals surface area contributed by atoms with E-state index in [2.05, 4.69) is 0 Å². The first-order valence-corrected chi connectivity index (χ1v) is 8.13. The summed E-state index contributed by atoms with van der Waals surface area (Å²) in [6.07, 6.45) is -4.60. The Bertz CT molecular complexity index is 866. The first kappa shape index (κ1) is 17.7. The van der Waals surface area contributed by atoms with Crippen LogP contribution in [0.3, 0.4) is 0 Å². The van der Waals surface area contributed by atoms with Crippen LogP contribution in [0.15, 0.2) is 48.5 Å². The van der Waals surface area contributed by atoms with Gasteiger partial charge >= 0.3 is 6.18 Å². The van der Waals surface area contributed by atoms with E-state index in [1.54, 1.807) is 0 Å². The Morgan fingerprint density at radius 2 is 1.75 bits per heavy atom. The molecule has 0 aromatic heterocycles. The number of benzene rings is 2. The van der Waals surface area contributed by atoms with Crippen molar-refractivity contribution in [2.45, 2.75) is 11.9 Å². The lowest BCUT2D eigenvalue weighted by molar-refractivity contribution is -0.384. The van der Waals surface area contributed by atoms with Gasteiger partial charge < -0.3 is 0 Å². The third kappa shape index (κ3) is 4.69. The van der Waals surface area contributed by atoms with Crippen molar-refractivity contribution in [1.82, 2.24) is 0 Å². The predicted octanol–water partition coefficient (Wildman–Crippen LogP) is 3.56. The van der Waals surface area contributed by atoms with Crippen LogP contribution in [0.1, 0.15) is 11.1 Å². The molecule has 0 amide bonds. The van der Waals surface area contributed by atoms with Crippen LogP contribution in [0.4, 0.5) is 24.5 Å². The number of non-ortho nitro benzene ring substituents is 1. The number of anilines is 1. The molecular weight excluding hydrogens is 349 g/mol. The fourth-order valence-electron chi connectivity index (χ4n) is 1.95. The molecule has 0 saturated heterocycles. The van der Waals surface area contributed by atoms with Gasteiger partial charge in [-0.1, -0.05) is 18.2 Å². The Labute approximate surface area is 135 Å². The summed E-state index contributed by atoms with van der Waals surface area (Å²) in [6.45, 7) is 0. The second-order valence-electron chi connectivity index (χ2n) is 4.87. The highest BCUT2D eigenvalue weighted by Crippen LogP contribution is 2.31. The summed E-state index contributed by atoms with van der Waals surface area (Å²) in [5.74, 6) is -0.606. The number of rotatable bonds is 5. The van der Waals surface area contributed by atoms with Gasteiger partial charge in [0.2, 0.25) is 10.0 Å². The van der Waals surface area contributed by atoms with Crippen LogP contribution >= 0.6 is 0 Å². The molecular formula is C14H11F3N2O4S. The Kier molecular flexibility index (Phi) is 4.78. The molecule has 0 radical (unpaired) electrons. The molecule has 2 rings (SSSR count). The number of hydrogen-bond donors (Lipinski definition) is 1. The van der Waals surface area contributed by atoms with E-state index in [1.807, 2.05) is 4.72 Å². The van der Waals surface area contributed by atoms with E-state index in [9.17, 15) is 31.7 Å². The fourth-order valence-corrected chi connectivity index (χ4v) is 3.13. The van der Waals surface area contributed by atoms with Crippen LogP contribution in [0, 0.1) is 10.1 Å². The lowest BCUT2D eigenvalue weighted by Gasteiger charge is -2.11. The molecule has 0 spiro atoms. The molecule has 0 fully saturated rings. The predicted molar refractivity (Wildman–Crippen MR) is 80.8 cm³/mol. The van der Waals surface area contributed by atoms with Crippen molar-refractivity contribution in [3.05, 3.63) is 69.8 Å². The molecule has 0 bridgehead atoms. The maximum Gasteiger partial charge on any atom is 0.416 e. The summed E-state index contributed by atoms with van der Waals surface area (Å²) in [4.78, 5) is 10.0. The summed E-state index contributed by atoms with van der Waals surface area (Å²) in [6, 6.07) is 8.74. The van der Waals surface area contributed by atoms with Crippen molar-refractivity contribution in [2.24, 2.45) is 0 Å². The molecule has 2 aromatic rings. The Morgan fingerprint density at radius 3 is 2.38 bits per heavy atom. The number of hydrogen-bond acceptors (Lipinski definition) is 4. The van der Waals surface area contributed by atoms with E-state index in [-0.39, 0.29) is 16.9 Å². The van der Waals surface area contributed by atoms with Gasteiger partial charge in [0.25, 0.3) is 5.69 Å². The highest BCUT2D eigenvalue weighted by molar-refractivity contribution is 7.91. The molecule has 2 aromatic carbocycles. The lowest BCUT2D eigenvalue weighted by atomic mass is 10.2. The molecule has 0 saturated carbocycles. The largest absolute Gasteiger partial charge is 0.416 e. The summed E-state index contributed by atoms with van der Waals surface area (Å²) in [7, 11) is -4.03. The maximum atomic E-state index is 12.6. The lowest BCUT2D eigenvalue weighted by Crippen LogP contribution is -2.16. The minimum atomic E-state index is -4.60. The van der Waals surface area contributed by atoms with Gasteiger partial charge in [-0.3, -0.25) is 14.8 Å². The SMILES string of the molecule is O=[N+]([O-])c1cccc(CS(=O)(=O)Nc2cccc(C(F)(F)F)c2)c1. The quantitative estimate of drug-likeness (QED) is 0.652. The molecule has 6 nitrogen and oxygen atoms in total. The summed E-state index contributed by atoms with van der Waals surface area (Å²) < 4.78 is 64.0. The highest BCUT2D eigenvalue weighted by Gasteiger charge is 2.30. The molecule has 0 heterocycles. The Hall–Kier alpha value is -2.62. The molecule has 1 N–H and O–H groups in total. The summed E-state index contributed by atoms with van der Waals surface area (Å²) in [5, 5.41) is 10.7. The third-order valence-corrected chi connectivity index (χ3v) is 4.20. The van der Waals surface area contributed by atoms with Gasteiger partial charge in [0.1, 0.15) is 0 Å². The van der Waals surface area contributed by atoms with Crippen molar-refractivity contribution in [2.75, 3.05) is 4.72 Å². The molecule has 0 unspecified atom stereocenters. The van der Waals surface area contributed by atoms with Crippen LogP contribution in [-0.4, -0.2) is 13.3 Å². The molecule has 128 valence electrons. The van der Waals surface area contributed by atoms with Gasteiger partial charge in [0, 0.05) is 17.8 Å². The smallest absolute Gasteiger partial charge is 0.283 e. The van der Waals surface area contributed by atoms with Crippen LogP contribution in [0.5, 0.6) is 0 Å². The van der Waals surface area contributed by atoms with E-state index < -0.39 is 32.4 Å². The van der Waals surface area contributed by atoms with Gasteiger partial charge in [0.15, 0.2) is 0 Å². The third-order valence-electron chi connectivity index (χ3n) is 2.94. The van der Waals surface area contributed by atoms with E-state index in [0.717, 1.165) is 18.2 Å². The number of nitrogens with one attached hydrogen (secondary N) is 1. The number of halogens is 3. The molecule has 10 heteroatoms. The zero-order chi connectivity index (χ0) is 18.0. The Morgan fingerprint density at radius 1 is 1.08 bits per heavy atom. The average molecular weight is 360 g/mol. The standard InChI is InChI=1S/C14H11F3N2O4S/c15-14(16,17)11-4-2-5-12(8-11)18-24(22,23)9-10-3-1-6-13(7-10)19(20)21/h1-8,18H,9H2. The first-order valence-electron chi connectivity index (χ1n) is 6.48. The molecule has 0 atom stereocenters. The fraction of sp³-hybridized carbons (Fsp3) is 0.143. The van der Waals surface area contributed by atoms with E-state index in [0.29, 0.717) is 6.07 Å². The molecule has 24 heavy (non-hydrogen) atoms. The average Bonchev–Trinajstić information content (AvgIpc) is 2.45. The first-order chi connectivity index (χ1) is 11.1. The van der Waals surface area contributed by atoms with Gasteiger partial charge in [-0.25, -0.2) is 8.42 Å². The zero-order valence-corrected chi connectivity index (χ0v) is 12.8. The maximum absolute atomic E-state index is 12.6. The van der Waals surface area contributed by atoms with Crippen LogP contribution < -0.4 is 4.72 Å². The molecule has 0 aliphatic carbocycles. The van der Waals surface area contributed by atoms with Crippen molar-refractivity contribution in [1.29, 1.82) is 0 Å². The van der Waals surface area contributed by atoms with Crippen LogP contribution in [0.2, 0.25) is 0 Å². The highest BCUT2D eigenvalue weighted by atomic mass is 32.2. The second-order valence-corrected chi connectivity index (χ2v) is 6.59. The molecule has 0 aliphatic heterocycles. The van der Waals surface area contributed by atoms with Crippen molar-refractivity contribution >= 4 is 21.4 Å². The molecule has 0 aliphatic rings. The minimum Gasteiger partial charge on any atom is -0.283 e. The number of alkyl halides is 3. The van der Waals surface area contributed by atoms with Crippen molar-refractivity contribution in [3.63, 3.8) is 0 Å². The van der Waals surface area contributed by atoms with E-state index in [1.165, 1.54) is 24.3 Å². The van der Waals surface area contributed by atoms with E-state index in [4.69, 9.17) is 0 Å². The number of nitrogens with zero attached hydrogens (tertiary/aromatic N) is 1. The summed E-state index contributed by atoms with van der Waals surface area (Å²) >= 11 is 0.